The second-order valence-electron chi connectivity index (χ2n) is 13.5. The van der Waals surface area contributed by atoms with E-state index >= 15 is 0 Å². The number of aliphatic hydroxyl groups is 1. The molecule has 0 aromatic rings. The second kappa shape index (κ2) is 10.1. The van der Waals surface area contributed by atoms with E-state index in [4.69, 9.17) is 14.2 Å². The van der Waals surface area contributed by atoms with Crippen molar-refractivity contribution in [2.24, 2.45) is 34.5 Å². The summed E-state index contributed by atoms with van der Waals surface area (Å²) in [6.07, 6.45) is 5.73. The number of hydrogen-bond donors (Lipinski definition) is 1. The van der Waals surface area contributed by atoms with E-state index in [0.29, 0.717) is 24.0 Å². The average Bonchev–Trinajstić information content (AvgIpc) is 3.33. The van der Waals surface area contributed by atoms with E-state index in [1.807, 2.05) is 65.5 Å². The molecule has 5 unspecified atom stereocenters. The van der Waals surface area contributed by atoms with Crippen LogP contribution < -0.4 is 0 Å². The highest BCUT2D eigenvalue weighted by atomic mass is 16.7. The molecule has 2 fully saturated rings. The van der Waals surface area contributed by atoms with Crippen LogP contribution in [0.5, 0.6) is 0 Å². The normalized spacial score (nSPS) is 42.1. The molecule has 8 atom stereocenters. The van der Waals surface area contributed by atoms with Gasteiger partial charge in [0, 0.05) is 12.2 Å². The third kappa shape index (κ3) is 4.72. The lowest BCUT2D eigenvalue weighted by Gasteiger charge is -2.53. The fraction of sp³-hybridized carbons (Fsp3) is 0.750. The zero-order valence-electron chi connectivity index (χ0n) is 25.5. The Morgan fingerprint density at radius 1 is 1.26 bits per heavy atom. The highest BCUT2D eigenvalue weighted by Gasteiger charge is 2.70. The highest BCUT2D eigenvalue weighted by molar-refractivity contribution is 5.75. The Balaban J connectivity index is 1.83. The zero-order chi connectivity index (χ0) is 29.1. The Kier molecular flexibility index (Phi) is 7.81. The van der Waals surface area contributed by atoms with Crippen LogP contribution in [-0.2, 0) is 23.8 Å². The Morgan fingerprint density at radius 2 is 1.92 bits per heavy atom. The molecule has 1 heterocycles. The third-order valence-electron chi connectivity index (χ3n) is 10.4. The van der Waals surface area contributed by atoms with Crippen LogP contribution in [0.2, 0.25) is 0 Å². The lowest BCUT2D eigenvalue weighted by Crippen LogP contribution is -2.67. The van der Waals surface area contributed by atoms with Crippen LogP contribution in [0.15, 0.2) is 35.1 Å². The number of carbonyl (C=O) groups excluding carboxylic acids is 2. The van der Waals surface area contributed by atoms with Crippen LogP contribution in [0, 0.1) is 34.5 Å². The molecule has 39 heavy (non-hydrogen) atoms. The quantitative estimate of drug-likeness (QED) is 0.285. The Hall–Kier alpha value is -1.96. The zero-order valence-corrected chi connectivity index (χ0v) is 25.5. The fourth-order valence-corrected chi connectivity index (χ4v) is 8.00. The number of carbonyl (C=O) groups is 2. The minimum absolute atomic E-state index is 0.0496. The molecular weight excluding hydrogens is 494 g/mol. The smallest absolute Gasteiger partial charge is 0.326 e. The van der Waals surface area contributed by atoms with Crippen LogP contribution in [0.25, 0.3) is 0 Å². The van der Waals surface area contributed by atoms with Gasteiger partial charge in [0.25, 0.3) is 0 Å². The van der Waals surface area contributed by atoms with Crippen molar-refractivity contribution in [2.45, 2.75) is 99.3 Å². The molecule has 7 heteroatoms. The van der Waals surface area contributed by atoms with Crippen molar-refractivity contribution in [2.75, 3.05) is 19.7 Å². The van der Waals surface area contributed by atoms with Crippen molar-refractivity contribution in [3.8, 4) is 0 Å². The van der Waals surface area contributed by atoms with E-state index in [2.05, 4.69) is 26.8 Å². The van der Waals surface area contributed by atoms with E-state index in [9.17, 15) is 14.7 Å². The topological polar surface area (TPSA) is 85.3 Å². The molecule has 0 aromatic heterocycles. The molecule has 0 bridgehead atoms. The molecule has 7 nitrogen and oxygen atoms in total. The number of allylic oxidation sites excluding steroid dienone is 3. The van der Waals surface area contributed by atoms with Gasteiger partial charge < -0.3 is 29.0 Å². The molecular formula is C32H49NO6. The van der Waals surface area contributed by atoms with Crippen LogP contribution >= 0.6 is 0 Å². The van der Waals surface area contributed by atoms with E-state index in [-0.39, 0.29) is 30.4 Å². The summed E-state index contributed by atoms with van der Waals surface area (Å²) in [5, 5.41) is 13.0. The maximum absolute atomic E-state index is 13.4. The van der Waals surface area contributed by atoms with E-state index in [1.54, 1.807) is 0 Å². The summed E-state index contributed by atoms with van der Waals surface area (Å²) in [5.41, 5.74) is -0.570. The van der Waals surface area contributed by atoms with Crippen molar-refractivity contribution in [1.29, 1.82) is 0 Å². The predicted molar refractivity (Wildman–Crippen MR) is 150 cm³/mol. The average molecular weight is 544 g/mol. The van der Waals surface area contributed by atoms with Gasteiger partial charge in [-0.05, 0) is 88.2 Å². The van der Waals surface area contributed by atoms with Crippen molar-refractivity contribution < 1.29 is 28.9 Å². The summed E-state index contributed by atoms with van der Waals surface area (Å²) in [4.78, 5) is 28.6. The summed E-state index contributed by atoms with van der Waals surface area (Å²) in [5.74, 6) is -0.522. The van der Waals surface area contributed by atoms with Gasteiger partial charge in [0.2, 0.25) is 0 Å². The van der Waals surface area contributed by atoms with E-state index in [1.165, 1.54) is 0 Å². The second-order valence-corrected chi connectivity index (χ2v) is 13.5. The van der Waals surface area contributed by atoms with Gasteiger partial charge in [-0.15, -0.1) is 0 Å². The summed E-state index contributed by atoms with van der Waals surface area (Å²) in [7, 11) is 0. The lowest BCUT2D eigenvalue weighted by atomic mass is 9.61. The summed E-state index contributed by atoms with van der Waals surface area (Å²) in [6.45, 7) is 21.2. The van der Waals surface area contributed by atoms with E-state index < -0.39 is 35.0 Å². The number of likely N-dealkylation sites (N-methyl/N-ethyl adjacent to an activating group) is 1. The van der Waals surface area contributed by atoms with Crippen molar-refractivity contribution in [3.63, 3.8) is 0 Å². The van der Waals surface area contributed by atoms with Gasteiger partial charge in [-0.25, -0.2) is 0 Å². The standard InChI is InChI=1S/C32H49NO6/c1-11-22(6)33(12-2)16-25(35)38-27-20(4)15-31(18-34)21(5)14-24-26(29(24,7)8)19(3)13-23-17-37-30(9,10)39-28(23)32(27,31)36/h11,13,15,18-19,21,24,26-28,36H,12,14,16-17H2,1-10H3/b22-11-,23-13-/t19?,21-,24-,26+,27?,28?,31?,32?/m1/s1. The van der Waals surface area contributed by atoms with Crippen molar-refractivity contribution in [1.82, 2.24) is 4.90 Å². The van der Waals surface area contributed by atoms with Gasteiger partial charge in [-0.3, -0.25) is 4.79 Å². The van der Waals surface area contributed by atoms with Crippen molar-refractivity contribution >= 4 is 12.3 Å². The van der Waals surface area contributed by atoms with Gasteiger partial charge in [-0.1, -0.05) is 45.9 Å². The van der Waals surface area contributed by atoms with Gasteiger partial charge in [0.15, 0.2) is 17.5 Å². The number of aldehydes is 1. The fourth-order valence-electron chi connectivity index (χ4n) is 8.00. The minimum Gasteiger partial charge on any atom is -0.453 e. The maximum Gasteiger partial charge on any atom is 0.326 e. The molecule has 3 aliphatic carbocycles. The molecule has 0 spiro atoms. The highest BCUT2D eigenvalue weighted by Crippen LogP contribution is 2.67. The predicted octanol–water partition coefficient (Wildman–Crippen LogP) is 5.05. The molecule has 0 radical (unpaired) electrons. The number of nitrogens with zero attached hydrogens (tertiary/aromatic N) is 1. The first-order valence-corrected chi connectivity index (χ1v) is 14.6. The Bertz CT molecular complexity index is 1090. The number of esters is 1. The van der Waals surface area contributed by atoms with Gasteiger partial charge in [-0.2, -0.15) is 0 Å². The number of hydrogen-bond acceptors (Lipinski definition) is 7. The number of rotatable bonds is 6. The van der Waals surface area contributed by atoms with Gasteiger partial charge >= 0.3 is 5.97 Å². The van der Waals surface area contributed by atoms with Crippen LogP contribution in [0.1, 0.15) is 75.7 Å². The molecule has 4 rings (SSSR count). The molecule has 4 aliphatic rings. The van der Waals surface area contributed by atoms with Crippen LogP contribution in [0.3, 0.4) is 0 Å². The Labute approximate surface area is 234 Å². The summed E-state index contributed by atoms with van der Waals surface area (Å²) in [6, 6.07) is 0. The first-order chi connectivity index (χ1) is 18.1. The Morgan fingerprint density at radius 3 is 2.51 bits per heavy atom. The summed E-state index contributed by atoms with van der Waals surface area (Å²) < 4.78 is 18.7. The van der Waals surface area contributed by atoms with Crippen LogP contribution in [0.4, 0.5) is 0 Å². The first kappa shape index (κ1) is 30.0. The summed E-state index contributed by atoms with van der Waals surface area (Å²) >= 11 is 0. The third-order valence-corrected chi connectivity index (χ3v) is 10.4. The lowest BCUT2D eigenvalue weighted by molar-refractivity contribution is -0.304. The molecule has 1 saturated heterocycles. The molecule has 218 valence electrons. The largest absolute Gasteiger partial charge is 0.453 e. The van der Waals surface area contributed by atoms with Crippen LogP contribution in [-0.4, -0.2) is 65.6 Å². The van der Waals surface area contributed by atoms with Crippen molar-refractivity contribution in [3.05, 3.63) is 35.1 Å². The van der Waals surface area contributed by atoms with Gasteiger partial charge in [0.1, 0.15) is 18.9 Å². The number of ether oxygens (including phenoxy) is 3. The molecule has 1 N–H and O–H groups in total. The minimum atomic E-state index is -1.83. The SMILES string of the molecule is C/C=C(/C)N(CC)CC(=O)OC1C(C)=CC2(C=O)[C@H](C)C[C@@H]3[C@H](C(C)/C=C4/COC(C)(C)OC4C12O)C3(C)C. The monoisotopic (exact) mass is 543 g/mol. The van der Waals surface area contributed by atoms with Gasteiger partial charge in [0.05, 0.1) is 12.0 Å². The molecule has 0 aromatic carbocycles. The molecule has 1 aliphatic heterocycles. The molecule has 1 saturated carbocycles. The first-order valence-electron chi connectivity index (χ1n) is 14.6. The maximum atomic E-state index is 13.4. The van der Waals surface area contributed by atoms with E-state index in [0.717, 1.165) is 24.0 Å². The number of fused-ring (bicyclic) bond motifs is 4. The molecule has 0 amide bonds.